The molecule has 0 fully saturated rings. The number of pyridine rings is 1. The van der Waals surface area contributed by atoms with Gasteiger partial charge in [-0.15, -0.1) is 0 Å². The van der Waals surface area contributed by atoms with Gasteiger partial charge in [0.15, 0.2) is 0 Å². The van der Waals surface area contributed by atoms with Crippen LogP contribution >= 0.6 is 0 Å². The van der Waals surface area contributed by atoms with Gasteiger partial charge in [0.1, 0.15) is 5.56 Å². The van der Waals surface area contributed by atoms with E-state index in [1.807, 2.05) is 24.3 Å². The highest BCUT2D eigenvalue weighted by atomic mass is 16.5. The van der Waals surface area contributed by atoms with Crippen LogP contribution in [0.25, 0.3) is 10.9 Å². The molecule has 112 valence electrons. The fourth-order valence-corrected chi connectivity index (χ4v) is 2.65. The van der Waals surface area contributed by atoms with Crippen molar-refractivity contribution in [2.75, 3.05) is 12.8 Å². The molecule has 1 aliphatic carbocycles. The van der Waals surface area contributed by atoms with E-state index in [0.717, 1.165) is 12.0 Å². The van der Waals surface area contributed by atoms with Gasteiger partial charge in [-0.1, -0.05) is 24.3 Å². The summed E-state index contributed by atoms with van der Waals surface area (Å²) in [5.74, 6) is -0.651. The Hall–Kier alpha value is -2.82. The first-order valence-electron chi connectivity index (χ1n) is 6.96. The molecule has 3 rings (SSSR count). The van der Waals surface area contributed by atoms with Crippen LogP contribution in [0.4, 0.5) is 5.69 Å². The van der Waals surface area contributed by atoms with Gasteiger partial charge < -0.3 is 15.0 Å². The van der Waals surface area contributed by atoms with Gasteiger partial charge in [-0.3, -0.25) is 4.79 Å². The summed E-state index contributed by atoms with van der Waals surface area (Å²) in [6, 6.07) is 6.88. The third-order valence-corrected chi connectivity index (χ3v) is 3.79. The molecule has 5 heteroatoms. The van der Waals surface area contributed by atoms with Crippen molar-refractivity contribution in [3.05, 3.63) is 64.0 Å². The standard InChI is InChI=1S/C17H16N2O3/c1-22-17(21)13-9-12-14(18)7-4-8-15(12)19(16(13)20)10-11-5-2-3-6-11/h2-5,7-9H,6,10,18H2,1H3. The second kappa shape index (κ2) is 5.52. The van der Waals surface area contributed by atoms with E-state index < -0.39 is 5.97 Å². The normalized spacial score (nSPS) is 13.4. The van der Waals surface area contributed by atoms with Gasteiger partial charge in [-0.25, -0.2) is 4.79 Å². The number of carbonyl (C=O) groups is 1. The molecule has 0 amide bonds. The largest absolute Gasteiger partial charge is 0.465 e. The summed E-state index contributed by atoms with van der Waals surface area (Å²) in [7, 11) is 1.26. The number of anilines is 1. The van der Waals surface area contributed by atoms with E-state index >= 15 is 0 Å². The maximum Gasteiger partial charge on any atom is 0.343 e. The number of methoxy groups -OCH3 is 1. The molecule has 0 atom stereocenters. The second-order valence-corrected chi connectivity index (χ2v) is 5.18. The summed E-state index contributed by atoms with van der Waals surface area (Å²) in [5.41, 5.74) is 7.98. The summed E-state index contributed by atoms with van der Waals surface area (Å²) in [4.78, 5) is 24.5. The zero-order valence-corrected chi connectivity index (χ0v) is 12.2. The quantitative estimate of drug-likeness (QED) is 0.696. The third-order valence-electron chi connectivity index (χ3n) is 3.79. The minimum absolute atomic E-state index is 0.000504. The molecule has 0 saturated heterocycles. The average Bonchev–Trinajstić information content (AvgIpc) is 3.02. The number of nitrogens with zero attached hydrogens (tertiary/aromatic N) is 1. The van der Waals surface area contributed by atoms with Crippen molar-refractivity contribution in [2.24, 2.45) is 0 Å². The Labute approximate surface area is 127 Å². The van der Waals surface area contributed by atoms with Gasteiger partial charge in [-0.05, 0) is 30.2 Å². The van der Waals surface area contributed by atoms with E-state index in [-0.39, 0.29) is 11.1 Å². The fourth-order valence-electron chi connectivity index (χ4n) is 2.65. The maximum atomic E-state index is 12.7. The van der Waals surface area contributed by atoms with E-state index in [1.165, 1.54) is 13.2 Å². The molecule has 0 aliphatic heterocycles. The van der Waals surface area contributed by atoms with Crippen LogP contribution in [-0.2, 0) is 11.3 Å². The van der Waals surface area contributed by atoms with Crippen molar-refractivity contribution in [3.8, 4) is 0 Å². The molecule has 1 aromatic carbocycles. The molecule has 5 nitrogen and oxygen atoms in total. The van der Waals surface area contributed by atoms with Crippen LogP contribution in [0.5, 0.6) is 0 Å². The van der Waals surface area contributed by atoms with Crippen LogP contribution in [0.15, 0.2) is 52.9 Å². The number of hydrogen-bond acceptors (Lipinski definition) is 4. The van der Waals surface area contributed by atoms with Crippen molar-refractivity contribution in [1.29, 1.82) is 0 Å². The van der Waals surface area contributed by atoms with Crippen molar-refractivity contribution < 1.29 is 9.53 Å². The zero-order chi connectivity index (χ0) is 15.7. The van der Waals surface area contributed by atoms with Crippen LogP contribution in [-0.4, -0.2) is 17.6 Å². The Bertz CT molecular complexity index is 875. The lowest BCUT2D eigenvalue weighted by Gasteiger charge is -2.14. The Morgan fingerprint density at radius 3 is 2.91 bits per heavy atom. The maximum absolute atomic E-state index is 12.7. The van der Waals surface area contributed by atoms with Crippen molar-refractivity contribution >= 4 is 22.6 Å². The summed E-state index contributed by atoms with van der Waals surface area (Å²) in [5, 5.41) is 0.675. The third kappa shape index (κ3) is 2.30. The van der Waals surface area contributed by atoms with Gasteiger partial charge in [0.25, 0.3) is 5.56 Å². The van der Waals surface area contributed by atoms with Crippen molar-refractivity contribution in [3.63, 3.8) is 0 Å². The van der Waals surface area contributed by atoms with Gasteiger partial charge in [0.2, 0.25) is 0 Å². The van der Waals surface area contributed by atoms with Crippen LogP contribution in [0.1, 0.15) is 16.8 Å². The number of hydrogen-bond donors (Lipinski definition) is 1. The van der Waals surface area contributed by atoms with Crippen LogP contribution < -0.4 is 11.3 Å². The topological polar surface area (TPSA) is 74.3 Å². The number of aromatic nitrogens is 1. The lowest BCUT2D eigenvalue weighted by atomic mass is 10.1. The summed E-state index contributed by atoms with van der Waals surface area (Å²) in [6.07, 6.45) is 6.77. The summed E-state index contributed by atoms with van der Waals surface area (Å²) in [6.45, 7) is 0.427. The number of benzene rings is 1. The Balaban J connectivity index is 2.26. The van der Waals surface area contributed by atoms with Gasteiger partial charge >= 0.3 is 5.97 Å². The van der Waals surface area contributed by atoms with E-state index in [1.54, 1.807) is 16.7 Å². The van der Waals surface area contributed by atoms with Crippen molar-refractivity contribution in [1.82, 2.24) is 4.57 Å². The molecule has 2 aromatic rings. The highest BCUT2D eigenvalue weighted by Gasteiger charge is 2.17. The first-order valence-corrected chi connectivity index (χ1v) is 6.96. The van der Waals surface area contributed by atoms with Gasteiger partial charge in [0, 0.05) is 17.6 Å². The number of nitrogen functional groups attached to an aromatic ring is 1. The Morgan fingerprint density at radius 2 is 2.23 bits per heavy atom. The summed E-state index contributed by atoms with van der Waals surface area (Å²) < 4.78 is 6.29. The monoisotopic (exact) mass is 296 g/mol. The van der Waals surface area contributed by atoms with E-state index in [9.17, 15) is 9.59 Å². The molecular weight excluding hydrogens is 280 g/mol. The lowest BCUT2D eigenvalue weighted by molar-refractivity contribution is 0.0598. The fraction of sp³-hybridized carbons (Fsp3) is 0.176. The average molecular weight is 296 g/mol. The molecule has 0 spiro atoms. The first kappa shape index (κ1) is 14.1. The number of carbonyl (C=O) groups excluding carboxylic acids is 1. The predicted octanol–water partition coefficient (Wildman–Crippen LogP) is 2.26. The van der Waals surface area contributed by atoms with Gasteiger partial charge in [0.05, 0.1) is 12.6 Å². The number of allylic oxidation sites excluding steroid dienone is 4. The van der Waals surface area contributed by atoms with Crippen LogP contribution in [0.2, 0.25) is 0 Å². The minimum Gasteiger partial charge on any atom is -0.465 e. The highest BCUT2D eigenvalue weighted by Crippen LogP contribution is 2.22. The predicted molar refractivity (Wildman–Crippen MR) is 85.8 cm³/mol. The molecule has 0 radical (unpaired) electrons. The zero-order valence-electron chi connectivity index (χ0n) is 12.2. The second-order valence-electron chi connectivity index (χ2n) is 5.18. The number of ether oxygens (including phenoxy) is 1. The highest BCUT2D eigenvalue weighted by molar-refractivity contribution is 5.97. The Morgan fingerprint density at radius 1 is 1.41 bits per heavy atom. The summed E-state index contributed by atoms with van der Waals surface area (Å²) >= 11 is 0. The van der Waals surface area contributed by atoms with E-state index in [2.05, 4.69) is 0 Å². The van der Waals surface area contributed by atoms with Crippen molar-refractivity contribution in [2.45, 2.75) is 13.0 Å². The molecular formula is C17H16N2O3. The SMILES string of the molecule is COC(=O)c1cc2c(N)cccc2n(CC2=CC=CC2)c1=O. The van der Waals surface area contributed by atoms with E-state index in [0.29, 0.717) is 23.1 Å². The smallest absolute Gasteiger partial charge is 0.343 e. The molecule has 22 heavy (non-hydrogen) atoms. The molecule has 0 unspecified atom stereocenters. The molecule has 1 aromatic heterocycles. The first-order chi connectivity index (χ1) is 10.6. The Kier molecular flexibility index (Phi) is 3.55. The molecule has 0 saturated carbocycles. The number of nitrogens with two attached hydrogens (primary N) is 1. The number of esters is 1. The lowest BCUT2D eigenvalue weighted by Crippen LogP contribution is -2.28. The number of rotatable bonds is 3. The van der Waals surface area contributed by atoms with Crippen LogP contribution in [0, 0.1) is 0 Å². The minimum atomic E-state index is -0.651. The number of fused-ring (bicyclic) bond motifs is 1. The molecule has 1 aliphatic rings. The molecule has 0 bridgehead atoms. The van der Waals surface area contributed by atoms with Crippen LogP contribution in [0.3, 0.4) is 0 Å². The molecule has 1 heterocycles. The molecule has 2 N–H and O–H groups in total. The van der Waals surface area contributed by atoms with E-state index in [4.69, 9.17) is 10.5 Å². The van der Waals surface area contributed by atoms with Gasteiger partial charge in [-0.2, -0.15) is 0 Å².